The predicted octanol–water partition coefficient (Wildman–Crippen LogP) is 6.69. The number of aromatic nitrogens is 2. The van der Waals surface area contributed by atoms with Crippen LogP contribution in [0.3, 0.4) is 0 Å². The number of benzene rings is 3. The molecule has 3 aromatic carbocycles. The van der Waals surface area contributed by atoms with Crippen LogP contribution in [0.2, 0.25) is 25.7 Å². The summed E-state index contributed by atoms with van der Waals surface area (Å²) >= 11 is 0. The molecule has 9 heteroatoms. The van der Waals surface area contributed by atoms with Gasteiger partial charge in [-0.25, -0.2) is 9.78 Å². The molecule has 8 nitrogen and oxygen atoms in total. The Hall–Kier alpha value is -4.21. The number of hydrogen-bond donors (Lipinski definition) is 1. The number of ether oxygens (including phenoxy) is 3. The van der Waals surface area contributed by atoms with E-state index in [1.54, 1.807) is 35.0 Å². The van der Waals surface area contributed by atoms with Crippen LogP contribution in [-0.4, -0.2) is 43.2 Å². The Bertz CT molecular complexity index is 1430. The number of nitrogens with zero attached hydrogens (tertiary/aromatic N) is 2. The summed E-state index contributed by atoms with van der Waals surface area (Å²) in [4.78, 5) is 29.7. The number of carbonyl (C=O) groups is 2. The normalized spacial score (nSPS) is 11.2. The Morgan fingerprint density at radius 3 is 2.41 bits per heavy atom. The third-order valence-corrected chi connectivity index (χ3v) is 7.63. The highest BCUT2D eigenvalue weighted by atomic mass is 28.3. The molecule has 0 saturated carbocycles. The molecule has 0 unspecified atom stereocenters. The van der Waals surface area contributed by atoms with Crippen molar-refractivity contribution in [2.24, 2.45) is 0 Å². The molecule has 4 rings (SSSR count). The van der Waals surface area contributed by atoms with Gasteiger partial charge in [0.25, 0.3) is 5.91 Å². The van der Waals surface area contributed by atoms with Crippen LogP contribution in [0.4, 0.5) is 5.69 Å². The van der Waals surface area contributed by atoms with Crippen LogP contribution in [0.1, 0.15) is 21.0 Å². The van der Waals surface area contributed by atoms with E-state index in [1.165, 1.54) is 7.11 Å². The SMILES string of the molecule is COC(=O)c1cccc(NC(=O)c2ncc(-c3cccc(Oc4ccccc4)c3)n2COCC[Si](C)(C)C)c1. The Kier molecular flexibility index (Phi) is 8.95. The van der Waals surface area contributed by atoms with Crippen molar-refractivity contribution in [3.8, 4) is 22.8 Å². The number of methoxy groups -OCH3 is 1. The van der Waals surface area contributed by atoms with Gasteiger partial charge < -0.3 is 19.5 Å². The van der Waals surface area contributed by atoms with Gasteiger partial charge in [0.2, 0.25) is 5.82 Å². The number of rotatable bonds is 11. The van der Waals surface area contributed by atoms with E-state index in [9.17, 15) is 9.59 Å². The molecule has 202 valence electrons. The summed E-state index contributed by atoms with van der Waals surface area (Å²) < 4.78 is 18.6. The summed E-state index contributed by atoms with van der Waals surface area (Å²) in [6.07, 6.45) is 1.66. The first kappa shape index (κ1) is 27.8. The number of nitrogens with one attached hydrogen (secondary N) is 1. The van der Waals surface area contributed by atoms with E-state index in [2.05, 4.69) is 29.9 Å². The van der Waals surface area contributed by atoms with Crippen molar-refractivity contribution in [2.45, 2.75) is 32.4 Å². The van der Waals surface area contributed by atoms with Gasteiger partial charge in [0.15, 0.2) is 0 Å². The molecule has 1 aromatic heterocycles. The van der Waals surface area contributed by atoms with Gasteiger partial charge in [-0.3, -0.25) is 9.36 Å². The van der Waals surface area contributed by atoms with Crippen LogP contribution >= 0.6 is 0 Å². The van der Waals surface area contributed by atoms with Crippen molar-refractivity contribution in [2.75, 3.05) is 19.0 Å². The molecule has 0 fully saturated rings. The molecule has 1 N–H and O–H groups in total. The molecule has 39 heavy (non-hydrogen) atoms. The third-order valence-electron chi connectivity index (χ3n) is 5.93. The van der Waals surface area contributed by atoms with Crippen molar-refractivity contribution in [1.82, 2.24) is 9.55 Å². The van der Waals surface area contributed by atoms with Gasteiger partial charge in [0, 0.05) is 25.9 Å². The topological polar surface area (TPSA) is 91.7 Å². The minimum atomic E-state index is -1.29. The summed E-state index contributed by atoms with van der Waals surface area (Å²) in [6.45, 7) is 7.62. The maximum atomic E-state index is 13.3. The number of imidazole rings is 1. The fraction of sp³-hybridized carbons (Fsp3) is 0.233. The van der Waals surface area contributed by atoms with Crippen LogP contribution in [0.15, 0.2) is 85.1 Å². The summed E-state index contributed by atoms with van der Waals surface area (Å²) in [5.41, 5.74) is 2.34. The molecule has 1 heterocycles. The number of para-hydroxylation sites is 1. The maximum Gasteiger partial charge on any atom is 0.337 e. The van der Waals surface area contributed by atoms with E-state index in [1.807, 2.05) is 54.6 Å². The zero-order valence-electron chi connectivity index (χ0n) is 22.6. The van der Waals surface area contributed by atoms with E-state index in [0.717, 1.165) is 23.1 Å². The first-order chi connectivity index (χ1) is 18.7. The lowest BCUT2D eigenvalue weighted by Gasteiger charge is -2.17. The third kappa shape index (κ3) is 7.65. The molecule has 0 atom stereocenters. The second-order valence-electron chi connectivity index (χ2n) is 10.2. The van der Waals surface area contributed by atoms with Crippen molar-refractivity contribution in [1.29, 1.82) is 0 Å². The van der Waals surface area contributed by atoms with Crippen molar-refractivity contribution in [3.05, 3.63) is 96.4 Å². The zero-order valence-corrected chi connectivity index (χ0v) is 23.6. The van der Waals surface area contributed by atoms with Gasteiger partial charge in [-0.05, 0) is 48.5 Å². The van der Waals surface area contributed by atoms with Crippen LogP contribution in [0, 0.1) is 0 Å². The number of anilines is 1. The van der Waals surface area contributed by atoms with Gasteiger partial charge >= 0.3 is 5.97 Å². The minimum absolute atomic E-state index is 0.161. The van der Waals surface area contributed by atoms with Crippen LogP contribution in [-0.2, 0) is 16.2 Å². The van der Waals surface area contributed by atoms with Gasteiger partial charge in [-0.15, -0.1) is 0 Å². The van der Waals surface area contributed by atoms with E-state index < -0.39 is 20.0 Å². The second kappa shape index (κ2) is 12.6. The van der Waals surface area contributed by atoms with Crippen molar-refractivity contribution in [3.63, 3.8) is 0 Å². The van der Waals surface area contributed by atoms with Crippen LogP contribution in [0.5, 0.6) is 11.5 Å². The minimum Gasteiger partial charge on any atom is -0.465 e. The van der Waals surface area contributed by atoms with Crippen molar-refractivity contribution < 1.29 is 23.8 Å². The molecule has 0 aliphatic heterocycles. The Morgan fingerprint density at radius 2 is 1.67 bits per heavy atom. The predicted molar refractivity (Wildman–Crippen MR) is 154 cm³/mol. The lowest BCUT2D eigenvalue weighted by Crippen LogP contribution is -2.23. The van der Waals surface area contributed by atoms with Crippen LogP contribution in [0.25, 0.3) is 11.3 Å². The molecule has 1 amide bonds. The molecular formula is C30H33N3O5Si. The first-order valence-corrected chi connectivity index (χ1v) is 16.4. The van der Waals surface area contributed by atoms with E-state index >= 15 is 0 Å². The smallest absolute Gasteiger partial charge is 0.337 e. The molecule has 0 spiro atoms. The summed E-state index contributed by atoms with van der Waals surface area (Å²) in [5, 5.41) is 2.84. The largest absolute Gasteiger partial charge is 0.465 e. The number of esters is 1. The zero-order chi connectivity index (χ0) is 27.8. The summed E-state index contributed by atoms with van der Waals surface area (Å²) in [5.74, 6) is 0.678. The quantitative estimate of drug-likeness (QED) is 0.129. The second-order valence-corrected chi connectivity index (χ2v) is 15.8. The summed E-state index contributed by atoms with van der Waals surface area (Å²) in [6, 6.07) is 24.7. The first-order valence-electron chi connectivity index (χ1n) is 12.7. The van der Waals surface area contributed by atoms with E-state index in [0.29, 0.717) is 23.6 Å². The molecule has 4 aromatic rings. The van der Waals surface area contributed by atoms with Gasteiger partial charge in [0.1, 0.15) is 18.2 Å². The Balaban J connectivity index is 1.61. The molecule has 0 bridgehead atoms. The van der Waals surface area contributed by atoms with Gasteiger partial charge in [-0.2, -0.15) is 0 Å². The molecule has 0 saturated heterocycles. The summed E-state index contributed by atoms with van der Waals surface area (Å²) in [7, 11) is 0.0242. The standard InChI is InChI=1S/C30H33N3O5Si/c1-36-30(35)23-11-8-12-24(18-23)32-29(34)28-31-20-27(33(28)21-37-16-17-39(2,3)4)22-10-9-15-26(19-22)38-25-13-6-5-7-14-25/h5-15,18-20H,16-17,21H2,1-4H3,(H,32,34). The van der Waals surface area contributed by atoms with E-state index in [4.69, 9.17) is 14.2 Å². The van der Waals surface area contributed by atoms with Crippen LogP contribution < -0.4 is 10.1 Å². The molecule has 0 aliphatic carbocycles. The average Bonchev–Trinajstić information content (AvgIpc) is 3.35. The van der Waals surface area contributed by atoms with Crippen molar-refractivity contribution >= 4 is 25.6 Å². The van der Waals surface area contributed by atoms with E-state index in [-0.39, 0.29) is 12.6 Å². The highest BCUT2D eigenvalue weighted by Gasteiger charge is 2.20. The fourth-order valence-electron chi connectivity index (χ4n) is 3.82. The Morgan fingerprint density at radius 1 is 0.923 bits per heavy atom. The average molecular weight is 544 g/mol. The lowest BCUT2D eigenvalue weighted by molar-refractivity contribution is 0.0600. The monoisotopic (exact) mass is 543 g/mol. The maximum absolute atomic E-state index is 13.3. The lowest BCUT2D eigenvalue weighted by atomic mass is 10.1. The highest BCUT2D eigenvalue weighted by molar-refractivity contribution is 6.76. The number of amides is 1. The van der Waals surface area contributed by atoms with Gasteiger partial charge in [-0.1, -0.05) is 56.0 Å². The highest BCUT2D eigenvalue weighted by Crippen LogP contribution is 2.28. The number of hydrogen-bond acceptors (Lipinski definition) is 6. The molecular weight excluding hydrogens is 510 g/mol. The number of carbonyl (C=O) groups excluding carboxylic acids is 2. The Labute approximate surface area is 229 Å². The fourth-order valence-corrected chi connectivity index (χ4v) is 4.58. The molecule has 0 aliphatic rings. The molecule has 0 radical (unpaired) electrons. The van der Waals surface area contributed by atoms with Gasteiger partial charge in [0.05, 0.1) is 24.6 Å².